The predicted molar refractivity (Wildman–Crippen MR) is 123 cm³/mol. The maximum Gasteiger partial charge on any atom is 0.244 e. The van der Waals surface area contributed by atoms with Gasteiger partial charge in [-0.15, -0.1) is 0 Å². The molecule has 2 atom stereocenters. The molecular weight excluding hydrogens is 468 g/mol. The average Bonchev–Trinajstić information content (AvgIpc) is 3.06. The van der Waals surface area contributed by atoms with Crippen LogP contribution in [0.15, 0.2) is 78.9 Å². The minimum atomic E-state index is -0.795. The summed E-state index contributed by atoms with van der Waals surface area (Å²) in [5, 5.41) is 2.78. The van der Waals surface area contributed by atoms with Gasteiger partial charge in [0.15, 0.2) is 0 Å². The summed E-state index contributed by atoms with van der Waals surface area (Å²) in [6.45, 7) is -0.290. The Labute approximate surface area is 193 Å². The van der Waals surface area contributed by atoms with Crippen LogP contribution in [0.3, 0.4) is 0 Å². The number of hydrogen-bond acceptors (Lipinski definition) is 3. The standard InChI is InChI=1S/C26H19BrN2O3/c27-26-18-12-6-4-10-16(18)21(17-11-5-7-13-19(17)26)22-23(26)25(32)29(24(22)31)14-20(30)28-15-8-2-1-3-9-15/h1-13,21-23H,14H2,(H,28,30)/t21?,22-,23-,26?/m1/s1. The van der Waals surface area contributed by atoms with Crippen molar-refractivity contribution in [3.8, 4) is 0 Å². The smallest absolute Gasteiger partial charge is 0.244 e. The number of benzene rings is 3. The number of carbonyl (C=O) groups is 3. The van der Waals surface area contributed by atoms with Gasteiger partial charge >= 0.3 is 0 Å². The Kier molecular flexibility index (Phi) is 4.17. The first-order valence-electron chi connectivity index (χ1n) is 10.6. The average molecular weight is 487 g/mol. The number of imide groups is 1. The third-order valence-electron chi connectivity index (χ3n) is 6.96. The van der Waals surface area contributed by atoms with Crippen LogP contribution < -0.4 is 5.32 Å². The van der Waals surface area contributed by atoms with Gasteiger partial charge in [0.25, 0.3) is 0 Å². The largest absolute Gasteiger partial charge is 0.325 e. The molecule has 3 aromatic rings. The number of para-hydroxylation sites is 1. The van der Waals surface area contributed by atoms with Gasteiger partial charge < -0.3 is 5.32 Å². The van der Waals surface area contributed by atoms with E-state index < -0.39 is 16.2 Å². The van der Waals surface area contributed by atoms with Gasteiger partial charge in [0.2, 0.25) is 17.7 Å². The molecule has 1 fully saturated rings. The summed E-state index contributed by atoms with van der Waals surface area (Å²) in [4.78, 5) is 41.1. The Morgan fingerprint density at radius 1 is 0.844 bits per heavy atom. The fourth-order valence-corrected chi connectivity index (χ4v) is 6.96. The topological polar surface area (TPSA) is 66.5 Å². The van der Waals surface area contributed by atoms with Gasteiger partial charge in [-0.1, -0.05) is 82.7 Å². The SMILES string of the molecule is O=C(CN1C(=O)[C@@H]2C3c4ccccc4C(Br)(c4ccccc43)[C@H]2C1=O)Nc1ccccc1. The summed E-state index contributed by atoms with van der Waals surface area (Å²) in [5.74, 6) is -2.28. The monoisotopic (exact) mass is 486 g/mol. The van der Waals surface area contributed by atoms with Crippen LogP contribution >= 0.6 is 15.9 Å². The minimum absolute atomic E-state index is 0.203. The van der Waals surface area contributed by atoms with Crippen molar-refractivity contribution in [1.29, 1.82) is 0 Å². The van der Waals surface area contributed by atoms with Gasteiger partial charge in [-0.3, -0.25) is 19.3 Å². The molecule has 0 spiro atoms. The van der Waals surface area contributed by atoms with Crippen molar-refractivity contribution in [1.82, 2.24) is 4.90 Å². The summed E-state index contributed by atoms with van der Waals surface area (Å²) >= 11 is 3.95. The molecule has 3 aliphatic carbocycles. The second-order valence-electron chi connectivity index (χ2n) is 8.54. The van der Waals surface area contributed by atoms with E-state index in [1.165, 1.54) is 0 Å². The molecule has 6 heteroatoms. The van der Waals surface area contributed by atoms with Crippen LogP contribution in [0.25, 0.3) is 0 Å². The molecule has 32 heavy (non-hydrogen) atoms. The number of nitrogens with one attached hydrogen (secondary N) is 1. The molecule has 7 rings (SSSR count). The fraction of sp³-hybridized carbons (Fsp3) is 0.192. The van der Waals surface area contributed by atoms with Gasteiger partial charge in [0, 0.05) is 11.6 Å². The molecule has 3 aromatic carbocycles. The third kappa shape index (κ3) is 2.47. The summed E-state index contributed by atoms with van der Waals surface area (Å²) in [7, 11) is 0. The zero-order chi connectivity index (χ0) is 22.0. The van der Waals surface area contributed by atoms with Crippen molar-refractivity contribution < 1.29 is 14.4 Å². The van der Waals surface area contributed by atoms with Gasteiger partial charge in [-0.2, -0.15) is 0 Å². The molecule has 0 aromatic heterocycles. The van der Waals surface area contributed by atoms with Crippen LogP contribution in [0, 0.1) is 11.8 Å². The Morgan fingerprint density at radius 3 is 2.03 bits per heavy atom. The number of amides is 3. The number of halogens is 1. The fourth-order valence-electron chi connectivity index (χ4n) is 5.76. The van der Waals surface area contributed by atoms with Crippen molar-refractivity contribution >= 4 is 39.3 Å². The number of rotatable bonds is 3. The van der Waals surface area contributed by atoms with Crippen LogP contribution in [-0.2, 0) is 18.7 Å². The molecule has 3 amide bonds. The van der Waals surface area contributed by atoms with Crippen molar-refractivity contribution in [2.75, 3.05) is 11.9 Å². The van der Waals surface area contributed by atoms with E-state index in [1.807, 2.05) is 66.7 Å². The van der Waals surface area contributed by atoms with E-state index in [1.54, 1.807) is 12.1 Å². The van der Waals surface area contributed by atoms with E-state index >= 15 is 0 Å². The maximum atomic E-state index is 13.6. The summed E-state index contributed by atoms with van der Waals surface area (Å²) in [6, 6.07) is 25.1. The first-order valence-corrected chi connectivity index (χ1v) is 11.4. The first-order chi connectivity index (χ1) is 15.5. The predicted octanol–water partition coefficient (Wildman–Crippen LogP) is 4.02. The molecule has 2 bridgehead atoms. The first kappa shape index (κ1) is 19.4. The van der Waals surface area contributed by atoms with Gasteiger partial charge in [0.05, 0.1) is 16.2 Å². The maximum absolute atomic E-state index is 13.6. The van der Waals surface area contributed by atoms with Gasteiger partial charge in [0.1, 0.15) is 6.54 Å². The quantitative estimate of drug-likeness (QED) is 0.449. The van der Waals surface area contributed by atoms with E-state index in [9.17, 15) is 14.4 Å². The molecule has 0 unspecified atom stereocenters. The third-order valence-corrected chi connectivity index (χ3v) is 8.31. The van der Waals surface area contributed by atoms with Crippen LogP contribution in [0.2, 0.25) is 0 Å². The summed E-state index contributed by atoms with van der Waals surface area (Å²) in [6.07, 6.45) is 0. The zero-order valence-electron chi connectivity index (χ0n) is 17.0. The molecule has 1 saturated heterocycles. The Morgan fingerprint density at radius 2 is 1.41 bits per heavy atom. The van der Waals surface area contributed by atoms with Crippen LogP contribution in [-0.4, -0.2) is 29.2 Å². The van der Waals surface area contributed by atoms with Crippen molar-refractivity contribution in [2.45, 2.75) is 10.2 Å². The lowest BCUT2D eigenvalue weighted by Crippen LogP contribution is -2.50. The van der Waals surface area contributed by atoms with Crippen LogP contribution in [0.5, 0.6) is 0 Å². The Bertz CT molecular complexity index is 1240. The highest BCUT2D eigenvalue weighted by Crippen LogP contribution is 2.66. The number of carbonyl (C=O) groups excluding carboxylic acids is 3. The van der Waals surface area contributed by atoms with E-state index in [0.29, 0.717) is 5.69 Å². The number of hydrogen-bond donors (Lipinski definition) is 1. The lowest BCUT2D eigenvalue weighted by atomic mass is 9.55. The highest BCUT2D eigenvalue weighted by atomic mass is 79.9. The van der Waals surface area contributed by atoms with Crippen molar-refractivity contribution in [3.05, 3.63) is 101 Å². The molecule has 4 aliphatic rings. The lowest BCUT2D eigenvalue weighted by Gasteiger charge is -2.51. The van der Waals surface area contributed by atoms with Crippen molar-refractivity contribution in [2.24, 2.45) is 11.8 Å². The summed E-state index contributed by atoms with van der Waals surface area (Å²) < 4.78 is -0.795. The second kappa shape index (κ2) is 6.87. The van der Waals surface area contributed by atoms with E-state index in [2.05, 4.69) is 21.2 Å². The molecule has 0 saturated carbocycles. The van der Waals surface area contributed by atoms with Gasteiger partial charge in [-0.05, 0) is 34.4 Å². The van der Waals surface area contributed by atoms with Crippen LogP contribution in [0.4, 0.5) is 5.69 Å². The summed E-state index contributed by atoms with van der Waals surface area (Å²) in [5.41, 5.74) is 4.83. The number of alkyl halides is 1. The molecular formula is C26H19BrN2O3. The van der Waals surface area contributed by atoms with E-state index in [-0.39, 0.29) is 30.2 Å². The number of nitrogens with zero attached hydrogens (tertiary/aromatic N) is 1. The second-order valence-corrected chi connectivity index (χ2v) is 9.80. The molecule has 1 N–H and O–H groups in total. The van der Waals surface area contributed by atoms with Gasteiger partial charge in [-0.25, -0.2) is 0 Å². The molecule has 158 valence electrons. The molecule has 1 heterocycles. The molecule has 0 radical (unpaired) electrons. The lowest BCUT2D eigenvalue weighted by molar-refractivity contribution is -0.142. The molecule has 5 nitrogen and oxygen atoms in total. The normalized spacial score (nSPS) is 27.0. The van der Waals surface area contributed by atoms with Crippen molar-refractivity contribution in [3.63, 3.8) is 0 Å². The number of anilines is 1. The highest BCUT2D eigenvalue weighted by Gasteiger charge is 2.67. The minimum Gasteiger partial charge on any atom is -0.325 e. The van der Waals surface area contributed by atoms with E-state index in [0.717, 1.165) is 27.2 Å². The Hall–Kier alpha value is -3.25. The highest BCUT2D eigenvalue weighted by molar-refractivity contribution is 9.09. The van der Waals surface area contributed by atoms with Crippen LogP contribution in [0.1, 0.15) is 28.2 Å². The Balaban J connectivity index is 1.41. The number of likely N-dealkylation sites (tertiary alicyclic amines) is 1. The zero-order valence-corrected chi connectivity index (χ0v) is 18.6. The van der Waals surface area contributed by atoms with E-state index in [4.69, 9.17) is 0 Å². The molecule has 1 aliphatic heterocycles.